The molecule has 28 heavy (non-hydrogen) atoms. The SMILES string of the molecule is NCc1cccc(C2C[C@H]3CC[C@@H](C2)N3C(=O)c2ccc3c(c2)OCCO3)c1. The van der Waals surface area contributed by atoms with Gasteiger partial charge in [-0.2, -0.15) is 0 Å². The molecule has 2 fully saturated rings. The standard InChI is InChI=1S/C23H26N2O3/c24-14-15-2-1-3-16(10-15)18-11-19-5-6-20(12-18)25(19)23(26)17-4-7-21-22(13-17)28-9-8-27-21/h1-4,7,10,13,18-20H,5-6,8-9,11-12,14,24H2/t18?,19-,20+. The van der Waals surface area contributed by atoms with E-state index in [9.17, 15) is 4.79 Å². The lowest BCUT2D eigenvalue weighted by molar-refractivity contribution is 0.0570. The Labute approximate surface area is 165 Å². The summed E-state index contributed by atoms with van der Waals surface area (Å²) >= 11 is 0. The van der Waals surface area contributed by atoms with Gasteiger partial charge in [0.15, 0.2) is 11.5 Å². The van der Waals surface area contributed by atoms with Gasteiger partial charge >= 0.3 is 0 Å². The molecule has 2 bridgehead atoms. The van der Waals surface area contributed by atoms with Crippen LogP contribution in [0.5, 0.6) is 11.5 Å². The van der Waals surface area contributed by atoms with E-state index in [4.69, 9.17) is 15.2 Å². The van der Waals surface area contributed by atoms with Crippen molar-refractivity contribution < 1.29 is 14.3 Å². The summed E-state index contributed by atoms with van der Waals surface area (Å²) in [6.07, 6.45) is 4.24. The molecular formula is C23H26N2O3. The smallest absolute Gasteiger partial charge is 0.254 e. The first-order valence-corrected chi connectivity index (χ1v) is 10.2. The first kappa shape index (κ1) is 17.6. The monoisotopic (exact) mass is 378 g/mol. The molecule has 0 spiro atoms. The second kappa shape index (κ2) is 7.13. The molecule has 5 rings (SSSR count). The fourth-order valence-corrected chi connectivity index (χ4v) is 5.08. The fraction of sp³-hybridized carbons (Fsp3) is 0.435. The molecule has 0 aromatic heterocycles. The summed E-state index contributed by atoms with van der Waals surface area (Å²) in [4.78, 5) is 15.4. The lowest BCUT2D eigenvalue weighted by atomic mass is 9.84. The van der Waals surface area contributed by atoms with Crippen molar-refractivity contribution in [1.29, 1.82) is 0 Å². The van der Waals surface area contributed by atoms with Crippen LogP contribution in [0.25, 0.3) is 0 Å². The van der Waals surface area contributed by atoms with Crippen LogP contribution in [-0.2, 0) is 6.54 Å². The first-order valence-electron chi connectivity index (χ1n) is 10.2. The van der Waals surface area contributed by atoms with Crippen molar-refractivity contribution in [2.45, 2.75) is 50.2 Å². The molecule has 2 aromatic rings. The highest BCUT2D eigenvalue weighted by atomic mass is 16.6. The number of carbonyl (C=O) groups is 1. The number of amides is 1. The molecule has 0 saturated carbocycles. The van der Waals surface area contributed by atoms with Crippen LogP contribution in [0.15, 0.2) is 42.5 Å². The van der Waals surface area contributed by atoms with Gasteiger partial charge in [-0.15, -0.1) is 0 Å². The maximum Gasteiger partial charge on any atom is 0.254 e. The van der Waals surface area contributed by atoms with Crippen LogP contribution >= 0.6 is 0 Å². The Bertz CT molecular complexity index is 883. The maximum atomic E-state index is 13.3. The molecule has 2 aromatic carbocycles. The Hall–Kier alpha value is -2.53. The highest BCUT2D eigenvalue weighted by Crippen LogP contribution is 2.44. The van der Waals surface area contributed by atoms with Crippen molar-refractivity contribution in [3.8, 4) is 11.5 Å². The third kappa shape index (κ3) is 3.04. The van der Waals surface area contributed by atoms with Gasteiger partial charge in [-0.1, -0.05) is 24.3 Å². The summed E-state index contributed by atoms with van der Waals surface area (Å²) in [5.41, 5.74) is 9.06. The Morgan fingerprint density at radius 1 is 1.00 bits per heavy atom. The largest absolute Gasteiger partial charge is 0.486 e. The summed E-state index contributed by atoms with van der Waals surface area (Å²) in [5, 5.41) is 0. The summed E-state index contributed by atoms with van der Waals surface area (Å²) in [7, 11) is 0. The molecule has 0 aliphatic carbocycles. The predicted molar refractivity (Wildman–Crippen MR) is 107 cm³/mol. The second-order valence-corrected chi connectivity index (χ2v) is 8.07. The Kier molecular flexibility index (Phi) is 4.47. The number of ether oxygens (including phenoxy) is 2. The normalized spacial score (nSPS) is 25.6. The molecule has 3 heterocycles. The van der Waals surface area contributed by atoms with Crippen LogP contribution in [0.4, 0.5) is 0 Å². The highest BCUT2D eigenvalue weighted by molar-refractivity contribution is 5.95. The molecular weight excluding hydrogens is 352 g/mol. The van der Waals surface area contributed by atoms with Crippen molar-refractivity contribution in [3.05, 3.63) is 59.2 Å². The second-order valence-electron chi connectivity index (χ2n) is 8.07. The molecule has 2 N–H and O–H groups in total. The van der Waals surface area contributed by atoms with E-state index in [2.05, 4.69) is 29.2 Å². The number of benzene rings is 2. The van der Waals surface area contributed by atoms with E-state index in [0.29, 0.717) is 49.1 Å². The Balaban J connectivity index is 1.36. The fourth-order valence-electron chi connectivity index (χ4n) is 5.08. The molecule has 5 heteroatoms. The van der Waals surface area contributed by atoms with Crippen LogP contribution in [0.2, 0.25) is 0 Å². The van der Waals surface area contributed by atoms with Gasteiger partial charge in [0.25, 0.3) is 5.91 Å². The summed E-state index contributed by atoms with van der Waals surface area (Å²) in [6, 6.07) is 14.8. The first-order chi connectivity index (χ1) is 13.7. The van der Waals surface area contributed by atoms with Crippen LogP contribution in [-0.4, -0.2) is 36.1 Å². The van der Waals surface area contributed by atoms with E-state index in [1.54, 1.807) is 0 Å². The van der Waals surface area contributed by atoms with Gasteiger partial charge in [-0.05, 0) is 60.9 Å². The van der Waals surface area contributed by atoms with E-state index in [1.807, 2.05) is 18.2 Å². The van der Waals surface area contributed by atoms with Crippen molar-refractivity contribution in [3.63, 3.8) is 0 Å². The summed E-state index contributed by atoms with van der Waals surface area (Å²) in [5.74, 6) is 2.04. The van der Waals surface area contributed by atoms with Gasteiger partial charge < -0.3 is 20.1 Å². The van der Waals surface area contributed by atoms with Gasteiger partial charge in [0, 0.05) is 24.2 Å². The average molecular weight is 378 g/mol. The Morgan fingerprint density at radius 2 is 1.75 bits per heavy atom. The van der Waals surface area contributed by atoms with Crippen LogP contribution in [0.1, 0.15) is 53.1 Å². The minimum absolute atomic E-state index is 0.124. The quantitative estimate of drug-likeness (QED) is 0.888. The summed E-state index contributed by atoms with van der Waals surface area (Å²) < 4.78 is 11.2. The number of nitrogens with zero attached hydrogens (tertiary/aromatic N) is 1. The number of rotatable bonds is 3. The number of hydrogen-bond donors (Lipinski definition) is 1. The minimum Gasteiger partial charge on any atom is -0.486 e. The number of nitrogens with two attached hydrogens (primary N) is 1. The van der Waals surface area contributed by atoms with Crippen LogP contribution < -0.4 is 15.2 Å². The zero-order valence-corrected chi connectivity index (χ0v) is 16.0. The van der Waals surface area contributed by atoms with Crippen molar-refractivity contribution in [2.24, 2.45) is 5.73 Å². The van der Waals surface area contributed by atoms with Gasteiger partial charge in [-0.25, -0.2) is 0 Å². The Morgan fingerprint density at radius 3 is 2.50 bits per heavy atom. The zero-order chi connectivity index (χ0) is 19.1. The number of fused-ring (bicyclic) bond motifs is 3. The molecule has 2 saturated heterocycles. The molecule has 146 valence electrons. The van der Waals surface area contributed by atoms with E-state index < -0.39 is 0 Å². The van der Waals surface area contributed by atoms with Gasteiger partial charge in [0.05, 0.1) is 0 Å². The molecule has 1 amide bonds. The van der Waals surface area contributed by atoms with E-state index in [-0.39, 0.29) is 5.91 Å². The van der Waals surface area contributed by atoms with Crippen molar-refractivity contribution in [2.75, 3.05) is 13.2 Å². The lowest BCUT2D eigenvalue weighted by Gasteiger charge is -2.39. The average Bonchev–Trinajstić information content (AvgIpc) is 3.01. The number of hydrogen-bond acceptors (Lipinski definition) is 4. The van der Waals surface area contributed by atoms with E-state index >= 15 is 0 Å². The van der Waals surface area contributed by atoms with Crippen molar-refractivity contribution >= 4 is 5.91 Å². The topological polar surface area (TPSA) is 64.8 Å². The molecule has 1 unspecified atom stereocenters. The molecule has 3 aliphatic heterocycles. The highest BCUT2D eigenvalue weighted by Gasteiger charge is 2.43. The number of carbonyl (C=O) groups excluding carboxylic acids is 1. The van der Waals surface area contributed by atoms with Gasteiger partial charge in [-0.3, -0.25) is 4.79 Å². The predicted octanol–water partition coefficient (Wildman–Crippen LogP) is 3.47. The minimum atomic E-state index is 0.124. The third-order valence-corrected chi connectivity index (χ3v) is 6.41. The molecule has 5 nitrogen and oxygen atoms in total. The number of piperidine rings is 1. The van der Waals surface area contributed by atoms with Crippen molar-refractivity contribution in [1.82, 2.24) is 4.90 Å². The van der Waals surface area contributed by atoms with E-state index in [1.165, 1.54) is 11.1 Å². The third-order valence-electron chi connectivity index (χ3n) is 6.41. The van der Waals surface area contributed by atoms with Crippen LogP contribution in [0.3, 0.4) is 0 Å². The molecule has 3 atom stereocenters. The lowest BCUT2D eigenvalue weighted by Crippen LogP contribution is -2.46. The maximum absolute atomic E-state index is 13.3. The molecule has 0 radical (unpaired) electrons. The summed E-state index contributed by atoms with van der Waals surface area (Å²) in [6.45, 7) is 1.66. The van der Waals surface area contributed by atoms with Crippen LogP contribution in [0, 0.1) is 0 Å². The van der Waals surface area contributed by atoms with Gasteiger partial charge in [0.1, 0.15) is 13.2 Å². The zero-order valence-electron chi connectivity index (χ0n) is 16.0. The van der Waals surface area contributed by atoms with E-state index in [0.717, 1.165) is 31.4 Å². The van der Waals surface area contributed by atoms with Gasteiger partial charge in [0.2, 0.25) is 0 Å². The molecule has 3 aliphatic rings.